The van der Waals surface area contributed by atoms with Gasteiger partial charge in [-0.2, -0.15) is 4.72 Å². The van der Waals surface area contributed by atoms with Gasteiger partial charge in [-0.15, -0.1) is 0 Å². The van der Waals surface area contributed by atoms with Crippen LogP contribution in [0.1, 0.15) is 22.1 Å². The average Bonchev–Trinajstić information content (AvgIpc) is 2.84. The molecule has 3 aromatic carbocycles. The van der Waals surface area contributed by atoms with E-state index in [1.165, 1.54) is 0 Å². The van der Waals surface area contributed by atoms with Crippen LogP contribution in [0.25, 0.3) is 0 Å². The molecule has 1 saturated heterocycles. The molecule has 0 bridgehead atoms. The normalized spacial score (nSPS) is 19.5. The van der Waals surface area contributed by atoms with Gasteiger partial charge >= 0.3 is 0 Å². The molecular formula is C24H23ClN4O3S. The minimum absolute atomic E-state index is 0.0390. The van der Waals surface area contributed by atoms with Crippen LogP contribution in [-0.4, -0.2) is 45.4 Å². The van der Waals surface area contributed by atoms with E-state index < -0.39 is 16.2 Å². The topological polar surface area (TPSA) is 81.7 Å². The number of rotatable bonds is 3. The Labute approximate surface area is 198 Å². The van der Waals surface area contributed by atoms with Crippen molar-refractivity contribution in [2.75, 3.05) is 36.4 Å². The van der Waals surface area contributed by atoms with Gasteiger partial charge in [-0.3, -0.25) is 4.79 Å². The highest BCUT2D eigenvalue weighted by Crippen LogP contribution is 2.31. The van der Waals surface area contributed by atoms with E-state index in [1.54, 1.807) is 48.5 Å². The predicted octanol–water partition coefficient (Wildman–Crippen LogP) is 3.71. The molecule has 0 radical (unpaired) electrons. The fraction of sp³-hybridized carbons (Fsp3) is 0.208. The first-order valence-corrected chi connectivity index (χ1v) is 12.6. The number of hydrogen-bond acceptors (Lipinski definition) is 5. The summed E-state index contributed by atoms with van der Waals surface area (Å²) in [6.07, 6.45) is -0.604. The van der Waals surface area contributed by atoms with Gasteiger partial charge in [-0.25, -0.2) is 8.42 Å². The lowest BCUT2D eigenvalue weighted by atomic mass is 10.1. The number of fused-ring (bicyclic) bond motifs is 1. The maximum Gasteiger partial charge on any atom is 0.253 e. The molecule has 2 N–H and O–H groups in total. The summed E-state index contributed by atoms with van der Waals surface area (Å²) in [6, 6.07) is 21.6. The second kappa shape index (κ2) is 8.70. The van der Waals surface area contributed by atoms with Crippen molar-refractivity contribution < 1.29 is 13.2 Å². The van der Waals surface area contributed by atoms with Gasteiger partial charge in [0.15, 0.2) is 0 Å². The Kier molecular flexibility index (Phi) is 5.74. The minimum Gasteiger partial charge on any atom is -0.367 e. The number of nitrogens with one attached hydrogen (secondary N) is 2. The lowest BCUT2D eigenvalue weighted by Crippen LogP contribution is -2.48. The van der Waals surface area contributed by atoms with Crippen molar-refractivity contribution in [3.63, 3.8) is 0 Å². The van der Waals surface area contributed by atoms with E-state index in [0.29, 0.717) is 42.5 Å². The molecule has 3 aromatic rings. The van der Waals surface area contributed by atoms with E-state index in [0.717, 1.165) is 11.3 Å². The van der Waals surface area contributed by atoms with E-state index in [-0.39, 0.29) is 10.8 Å². The van der Waals surface area contributed by atoms with Crippen molar-refractivity contribution in [2.45, 2.75) is 11.1 Å². The molecule has 1 atom stereocenters. The summed E-state index contributed by atoms with van der Waals surface area (Å²) < 4.78 is 27.8. The number of carbonyl (C=O) groups is 1. The van der Waals surface area contributed by atoms with Crippen LogP contribution in [-0.2, 0) is 10.0 Å². The van der Waals surface area contributed by atoms with Crippen molar-refractivity contribution in [1.82, 2.24) is 9.62 Å². The molecule has 0 spiro atoms. The largest absolute Gasteiger partial charge is 0.367 e. The Morgan fingerprint density at radius 2 is 1.55 bits per heavy atom. The van der Waals surface area contributed by atoms with Crippen LogP contribution in [0.3, 0.4) is 0 Å². The Bertz CT molecular complexity index is 1290. The van der Waals surface area contributed by atoms with Gasteiger partial charge in [0.25, 0.3) is 5.91 Å². The highest BCUT2D eigenvalue weighted by atomic mass is 35.5. The molecule has 2 aliphatic rings. The number of benzene rings is 3. The highest BCUT2D eigenvalue weighted by molar-refractivity contribution is 7.89. The molecule has 0 aromatic heterocycles. The van der Waals surface area contributed by atoms with E-state index in [9.17, 15) is 13.2 Å². The number of hydrogen-bond donors (Lipinski definition) is 2. The second-order valence-corrected chi connectivity index (χ2v) is 10.1. The first-order chi connectivity index (χ1) is 15.9. The lowest BCUT2D eigenvalue weighted by Gasteiger charge is -2.36. The molecule has 0 saturated carbocycles. The zero-order valence-electron chi connectivity index (χ0n) is 17.7. The summed E-state index contributed by atoms with van der Waals surface area (Å²) >= 11 is 6.31. The number of anilines is 2. The van der Waals surface area contributed by atoms with E-state index in [2.05, 4.69) is 14.9 Å². The number of piperazine rings is 1. The summed E-state index contributed by atoms with van der Waals surface area (Å²) in [6.45, 7) is 2.63. The predicted molar refractivity (Wildman–Crippen MR) is 129 cm³/mol. The molecule has 170 valence electrons. The third-order valence-corrected chi connectivity index (χ3v) is 7.80. The number of halogens is 1. The number of para-hydroxylation sites is 2. The number of sulfonamides is 1. The summed E-state index contributed by atoms with van der Waals surface area (Å²) in [5.74, 6) is -0.0390. The van der Waals surface area contributed by atoms with Gasteiger partial charge in [0, 0.05) is 31.7 Å². The fourth-order valence-electron chi connectivity index (χ4n) is 4.23. The smallest absolute Gasteiger partial charge is 0.253 e. The van der Waals surface area contributed by atoms with Crippen molar-refractivity contribution in [3.05, 3.63) is 88.9 Å². The summed E-state index contributed by atoms with van der Waals surface area (Å²) in [5.41, 5.74) is 2.84. The van der Waals surface area contributed by atoms with Crippen LogP contribution in [0, 0.1) is 0 Å². The molecule has 1 fully saturated rings. The van der Waals surface area contributed by atoms with Crippen LogP contribution >= 0.6 is 11.6 Å². The first kappa shape index (κ1) is 21.8. The van der Waals surface area contributed by atoms with Crippen molar-refractivity contribution in [1.29, 1.82) is 0 Å². The average molecular weight is 483 g/mol. The molecule has 0 aliphatic carbocycles. The zero-order valence-corrected chi connectivity index (χ0v) is 19.3. The molecule has 0 unspecified atom stereocenters. The van der Waals surface area contributed by atoms with E-state index in [1.807, 2.05) is 29.2 Å². The number of carbonyl (C=O) groups excluding carboxylic acids is 1. The van der Waals surface area contributed by atoms with Crippen molar-refractivity contribution in [2.24, 2.45) is 0 Å². The van der Waals surface area contributed by atoms with Gasteiger partial charge in [-0.1, -0.05) is 48.0 Å². The highest BCUT2D eigenvalue weighted by Gasteiger charge is 2.30. The number of amides is 1. The lowest BCUT2D eigenvalue weighted by molar-refractivity contribution is 0.0746. The number of nitrogens with zero attached hydrogens (tertiary/aromatic N) is 2. The molecule has 2 aliphatic heterocycles. The van der Waals surface area contributed by atoms with Crippen LogP contribution < -0.4 is 14.9 Å². The Morgan fingerprint density at radius 3 is 2.27 bits per heavy atom. The van der Waals surface area contributed by atoms with E-state index in [4.69, 9.17) is 11.6 Å². The monoisotopic (exact) mass is 482 g/mol. The van der Waals surface area contributed by atoms with Crippen molar-refractivity contribution in [3.8, 4) is 0 Å². The quantitative estimate of drug-likeness (QED) is 0.595. The Hall–Kier alpha value is -3.07. The van der Waals surface area contributed by atoms with Gasteiger partial charge < -0.3 is 15.1 Å². The second-order valence-electron chi connectivity index (χ2n) is 8.05. The molecular weight excluding hydrogens is 460 g/mol. The fourth-order valence-corrected chi connectivity index (χ4v) is 5.80. The maximum atomic E-state index is 13.0. The molecule has 1 amide bonds. The molecule has 33 heavy (non-hydrogen) atoms. The van der Waals surface area contributed by atoms with Gasteiger partial charge in [0.2, 0.25) is 10.0 Å². The van der Waals surface area contributed by atoms with Crippen LogP contribution in [0.5, 0.6) is 0 Å². The summed E-state index contributed by atoms with van der Waals surface area (Å²) in [4.78, 5) is 17.3. The Morgan fingerprint density at radius 1 is 0.879 bits per heavy atom. The summed E-state index contributed by atoms with van der Waals surface area (Å²) in [7, 11) is -3.62. The van der Waals surface area contributed by atoms with Gasteiger partial charge in [0.1, 0.15) is 11.1 Å². The molecule has 5 rings (SSSR count). The first-order valence-electron chi connectivity index (χ1n) is 10.7. The molecule has 2 heterocycles. The Balaban J connectivity index is 1.26. The summed E-state index contributed by atoms with van der Waals surface area (Å²) in [5, 5.41) is 3.91. The van der Waals surface area contributed by atoms with Crippen LogP contribution in [0.15, 0.2) is 77.7 Å². The van der Waals surface area contributed by atoms with Crippen LogP contribution in [0.2, 0.25) is 5.02 Å². The van der Waals surface area contributed by atoms with Crippen LogP contribution in [0.4, 0.5) is 11.4 Å². The van der Waals surface area contributed by atoms with Gasteiger partial charge in [0.05, 0.1) is 16.4 Å². The molecule has 9 heteroatoms. The standard InChI is InChI=1S/C24H23ClN4O3S/c25-19-5-1-3-7-21(19)28-13-15-29(16-14-28)24(30)18-11-9-17(10-12-18)23-26-20-6-2-4-8-22(20)33(31,32)27-23/h1-12,23,26-27H,13-16H2/t23-/m1/s1. The zero-order chi connectivity index (χ0) is 23.0. The van der Waals surface area contributed by atoms with E-state index >= 15 is 0 Å². The maximum absolute atomic E-state index is 13.0. The molecule has 7 nitrogen and oxygen atoms in total. The van der Waals surface area contributed by atoms with Crippen molar-refractivity contribution >= 4 is 38.9 Å². The minimum atomic E-state index is -3.62. The third kappa shape index (κ3) is 4.29. The van der Waals surface area contributed by atoms with Gasteiger partial charge in [-0.05, 0) is 42.0 Å². The SMILES string of the molecule is O=C(c1ccc([C@@H]2Nc3ccccc3S(=O)(=O)N2)cc1)N1CCN(c2ccccc2Cl)CC1. The third-order valence-electron chi connectivity index (χ3n) is 6.00.